The molecule has 0 aliphatic carbocycles. The zero-order chi connectivity index (χ0) is 21.1. The van der Waals surface area contributed by atoms with Crippen LogP contribution in [0.2, 0.25) is 5.02 Å². The van der Waals surface area contributed by atoms with Gasteiger partial charge in [0.25, 0.3) is 11.6 Å². The summed E-state index contributed by atoms with van der Waals surface area (Å²) in [5.74, 6) is 0.358. The summed E-state index contributed by atoms with van der Waals surface area (Å²) < 4.78 is 5.38. The molecule has 0 N–H and O–H groups in total. The lowest BCUT2D eigenvalue weighted by atomic mass is 10.2. The highest BCUT2D eigenvalue weighted by Gasteiger charge is 2.34. The van der Waals surface area contributed by atoms with E-state index in [9.17, 15) is 14.9 Å². The van der Waals surface area contributed by atoms with E-state index in [2.05, 4.69) is 4.99 Å². The number of rotatable bonds is 5. The maximum absolute atomic E-state index is 13.1. The van der Waals surface area contributed by atoms with E-state index in [1.165, 1.54) is 28.8 Å². The van der Waals surface area contributed by atoms with Gasteiger partial charge in [-0.05, 0) is 53.7 Å². The molecule has 0 atom stereocenters. The van der Waals surface area contributed by atoms with E-state index >= 15 is 0 Å². The van der Waals surface area contributed by atoms with Gasteiger partial charge in [0.1, 0.15) is 10.8 Å². The number of amidine groups is 1. The van der Waals surface area contributed by atoms with Gasteiger partial charge in [-0.15, -0.1) is 0 Å². The minimum Gasteiger partial charge on any atom is -0.467 e. The third-order valence-corrected chi connectivity index (χ3v) is 5.55. The number of aliphatic imine (C=N–C) groups is 1. The fourth-order valence-corrected chi connectivity index (χ4v) is 4.00. The molecular formula is C21H14ClN3O4S. The Hall–Kier alpha value is -3.36. The van der Waals surface area contributed by atoms with Crippen molar-refractivity contribution >= 4 is 51.9 Å². The van der Waals surface area contributed by atoms with E-state index in [0.717, 1.165) is 0 Å². The first-order valence-electron chi connectivity index (χ1n) is 8.83. The first kappa shape index (κ1) is 19.9. The molecule has 3 aromatic rings. The van der Waals surface area contributed by atoms with Crippen LogP contribution >= 0.6 is 23.4 Å². The third-order valence-electron chi connectivity index (χ3n) is 4.23. The van der Waals surface area contributed by atoms with Crippen molar-refractivity contribution in [2.75, 3.05) is 0 Å². The van der Waals surface area contributed by atoms with E-state index < -0.39 is 4.92 Å². The second-order valence-corrected chi connectivity index (χ2v) is 7.70. The molecule has 9 heteroatoms. The molecule has 0 bridgehead atoms. The number of amides is 1. The number of nitro benzene ring substituents is 1. The second-order valence-electron chi connectivity index (χ2n) is 6.28. The van der Waals surface area contributed by atoms with Crippen LogP contribution in [0.3, 0.4) is 0 Å². The standard InChI is InChI=1S/C21H14ClN3O4S/c22-17-9-8-14(11-18(17)25(27)28)12-19-20(26)24(13-16-7-4-10-29-16)21(30-19)23-15-5-2-1-3-6-15/h1-12H,13H2/b19-12-,23-21?. The number of furan rings is 1. The highest BCUT2D eigenvalue weighted by Crippen LogP contribution is 2.36. The number of hydrogen-bond donors (Lipinski definition) is 0. The molecule has 1 amide bonds. The van der Waals surface area contributed by atoms with Gasteiger partial charge in [0.15, 0.2) is 5.17 Å². The molecule has 1 fully saturated rings. The quantitative estimate of drug-likeness (QED) is 0.291. The van der Waals surface area contributed by atoms with Crippen LogP contribution in [0.4, 0.5) is 11.4 Å². The molecule has 1 saturated heterocycles. The topological polar surface area (TPSA) is 88.9 Å². The lowest BCUT2D eigenvalue weighted by molar-refractivity contribution is -0.384. The number of thioether (sulfide) groups is 1. The summed E-state index contributed by atoms with van der Waals surface area (Å²) in [7, 11) is 0. The second kappa shape index (κ2) is 8.56. The molecule has 1 aliphatic heterocycles. The Morgan fingerprint density at radius 1 is 1.17 bits per heavy atom. The number of nitro groups is 1. The number of carbonyl (C=O) groups excluding carboxylic acids is 1. The normalized spacial score (nSPS) is 16.6. The number of nitrogens with zero attached hydrogens (tertiary/aromatic N) is 3. The van der Waals surface area contributed by atoms with Gasteiger partial charge >= 0.3 is 0 Å². The van der Waals surface area contributed by atoms with Crippen LogP contribution in [0.5, 0.6) is 0 Å². The van der Waals surface area contributed by atoms with Gasteiger partial charge in [0.05, 0.1) is 28.3 Å². The van der Waals surface area contributed by atoms with Crippen LogP contribution in [0.15, 0.2) is 81.2 Å². The predicted molar refractivity (Wildman–Crippen MR) is 116 cm³/mol. The summed E-state index contributed by atoms with van der Waals surface area (Å²) >= 11 is 7.08. The molecule has 4 rings (SSSR count). The van der Waals surface area contributed by atoms with Crippen molar-refractivity contribution in [3.63, 3.8) is 0 Å². The van der Waals surface area contributed by atoms with Gasteiger partial charge in [-0.3, -0.25) is 19.8 Å². The van der Waals surface area contributed by atoms with Crippen molar-refractivity contribution in [1.29, 1.82) is 0 Å². The van der Waals surface area contributed by atoms with Gasteiger partial charge in [0, 0.05) is 6.07 Å². The number of benzene rings is 2. The van der Waals surface area contributed by atoms with Crippen molar-refractivity contribution in [2.45, 2.75) is 6.54 Å². The maximum Gasteiger partial charge on any atom is 0.288 e. The third kappa shape index (κ3) is 4.29. The van der Waals surface area contributed by atoms with Crippen LogP contribution in [0, 0.1) is 10.1 Å². The lowest BCUT2D eigenvalue weighted by Crippen LogP contribution is -2.28. The average molecular weight is 440 g/mol. The molecule has 0 saturated carbocycles. The number of para-hydroxylation sites is 1. The van der Waals surface area contributed by atoms with Gasteiger partial charge < -0.3 is 4.42 Å². The van der Waals surface area contributed by atoms with Crippen LogP contribution in [0.1, 0.15) is 11.3 Å². The summed E-state index contributed by atoms with van der Waals surface area (Å²) in [5.41, 5.74) is 0.994. The first-order valence-corrected chi connectivity index (χ1v) is 10.0. The maximum atomic E-state index is 13.1. The molecule has 0 spiro atoms. The Kier molecular flexibility index (Phi) is 5.69. The summed E-state index contributed by atoms with van der Waals surface area (Å²) in [6, 6.07) is 17.2. The van der Waals surface area contributed by atoms with Gasteiger partial charge in [-0.25, -0.2) is 4.99 Å². The Balaban J connectivity index is 1.70. The Bertz CT molecular complexity index is 1160. The molecule has 2 aromatic carbocycles. The Morgan fingerprint density at radius 2 is 1.97 bits per heavy atom. The molecular weight excluding hydrogens is 426 g/mol. The molecule has 150 valence electrons. The number of carbonyl (C=O) groups is 1. The monoisotopic (exact) mass is 439 g/mol. The van der Waals surface area contributed by atoms with E-state index in [1.54, 1.807) is 30.5 Å². The average Bonchev–Trinajstić information content (AvgIpc) is 3.34. The fourth-order valence-electron chi connectivity index (χ4n) is 2.81. The van der Waals surface area contributed by atoms with Crippen LogP contribution in [0.25, 0.3) is 6.08 Å². The zero-order valence-corrected chi connectivity index (χ0v) is 17.0. The van der Waals surface area contributed by atoms with Crippen molar-refractivity contribution in [3.8, 4) is 0 Å². The Labute approximate surface area is 180 Å². The summed E-state index contributed by atoms with van der Waals surface area (Å²) in [6.45, 7) is 0.225. The molecule has 0 radical (unpaired) electrons. The van der Waals surface area contributed by atoms with Crippen molar-refractivity contribution in [2.24, 2.45) is 4.99 Å². The van der Waals surface area contributed by atoms with Crippen LogP contribution in [-0.4, -0.2) is 20.9 Å². The fraction of sp³-hybridized carbons (Fsp3) is 0.0476. The highest BCUT2D eigenvalue weighted by atomic mass is 35.5. The minimum absolute atomic E-state index is 0.0401. The summed E-state index contributed by atoms with van der Waals surface area (Å²) in [6.07, 6.45) is 3.14. The van der Waals surface area contributed by atoms with E-state index in [-0.39, 0.29) is 23.2 Å². The van der Waals surface area contributed by atoms with Gasteiger partial charge in [-0.2, -0.15) is 0 Å². The van der Waals surface area contributed by atoms with E-state index in [1.807, 2.05) is 30.3 Å². The van der Waals surface area contributed by atoms with Crippen LogP contribution in [-0.2, 0) is 11.3 Å². The molecule has 2 heterocycles. The van der Waals surface area contributed by atoms with Crippen molar-refractivity contribution < 1.29 is 14.1 Å². The highest BCUT2D eigenvalue weighted by molar-refractivity contribution is 8.18. The van der Waals surface area contributed by atoms with E-state index in [4.69, 9.17) is 16.0 Å². The zero-order valence-electron chi connectivity index (χ0n) is 15.4. The van der Waals surface area contributed by atoms with Crippen molar-refractivity contribution in [3.05, 3.63) is 98.3 Å². The number of halogens is 1. The summed E-state index contributed by atoms with van der Waals surface area (Å²) in [5, 5.41) is 11.7. The number of hydrogen-bond acceptors (Lipinski definition) is 6. The lowest BCUT2D eigenvalue weighted by Gasteiger charge is -2.13. The summed E-state index contributed by atoms with van der Waals surface area (Å²) in [4.78, 5) is 30.2. The first-order chi connectivity index (χ1) is 14.5. The molecule has 0 unspecified atom stereocenters. The SMILES string of the molecule is O=C1/C(=C/c2ccc(Cl)c([N+](=O)[O-])c2)SC(=Nc2ccccc2)N1Cc1ccco1. The van der Waals surface area contributed by atoms with Gasteiger partial charge in [0.2, 0.25) is 0 Å². The Morgan fingerprint density at radius 3 is 2.67 bits per heavy atom. The van der Waals surface area contributed by atoms with Crippen LogP contribution < -0.4 is 0 Å². The van der Waals surface area contributed by atoms with E-state index in [0.29, 0.717) is 27.1 Å². The predicted octanol–water partition coefficient (Wildman–Crippen LogP) is 5.65. The van der Waals surface area contributed by atoms with Crippen molar-refractivity contribution in [1.82, 2.24) is 4.90 Å². The molecule has 1 aromatic heterocycles. The molecule has 30 heavy (non-hydrogen) atoms. The largest absolute Gasteiger partial charge is 0.467 e. The minimum atomic E-state index is -0.556. The van der Waals surface area contributed by atoms with Gasteiger partial charge in [-0.1, -0.05) is 35.9 Å². The molecule has 1 aliphatic rings. The molecule has 7 nitrogen and oxygen atoms in total. The smallest absolute Gasteiger partial charge is 0.288 e.